The van der Waals surface area contributed by atoms with E-state index in [2.05, 4.69) is 24.1 Å². The van der Waals surface area contributed by atoms with Crippen molar-refractivity contribution in [1.82, 2.24) is 9.97 Å². The second kappa shape index (κ2) is 5.37. The Kier molecular flexibility index (Phi) is 3.30. The Bertz CT molecular complexity index is 926. The van der Waals surface area contributed by atoms with Gasteiger partial charge in [-0.15, -0.1) is 0 Å². The minimum absolute atomic E-state index is 0.0723. The van der Waals surface area contributed by atoms with Crippen LogP contribution < -0.4 is 10.1 Å². The summed E-state index contributed by atoms with van der Waals surface area (Å²) in [5.41, 5.74) is 4.72. The normalized spacial score (nSPS) is 16.5. The number of aromatic amines is 1. The second-order valence-electron chi connectivity index (χ2n) is 6.48. The summed E-state index contributed by atoms with van der Waals surface area (Å²) in [5, 5.41) is 2.98. The lowest BCUT2D eigenvalue weighted by atomic mass is 9.89. The third-order valence-corrected chi connectivity index (χ3v) is 4.56. The summed E-state index contributed by atoms with van der Waals surface area (Å²) >= 11 is 0. The van der Waals surface area contributed by atoms with Gasteiger partial charge in [-0.2, -0.15) is 0 Å². The molecule has 1 aliphatic rings. The zero-order valence-electron chi connectivity index (χ0n) is 13.9. The van der Waals surface area contributed by atoms with E-state index in [1.165, 1.54) is 0 Å². The molecule has 2 heterocycles. The molecule has 1 atom stereocenters. The first kappa shape index (κ1) is 14.8. The zero-order valence-corrected chi connectivity index (χ0v) is 13.9. The summed E-state index contributed by atoms with van der Waals surface area (Å²) in [4.78, 5) is 20.2. The average molecular weight is 321 g/mol. The molecule has 0 spiro atoms. The van der Waals surface area contributed by atoms with Crippen LogP contribution in [0.25, 0.3) is 22.4 Å². The van der Waals surface area contributed by atoms with Crippen LogP contribution in [0.5, 0.6) is 5.75 Å². The molecule has 3 aromatic rings. The minimum Gasteiger partial charge on any atom is -0.497 e. The number of H-pyrrole nitrogens is 1. The summed E-state index contributed by atoms with van der Waals surface area (Å²) in [6.45, 7) is 4.13. The molecule has 0 fully saturated rings. The van der Waals surface area contributed by atoms with E-state index < -0.39 is 0 Å². The Morgan fingerprint density at radius 1 is 1.17 bits per heavy atom. The smallest absolute Gasteiger partial charge is 0.232 e. The molecule has 4 rings (SSSR count). The quantitative estimate of drug-likeness (QED) is 0.768. The summed E-state index contributed by atoms with van der Waals surface area (Å²) < 4.78 is 5.19. The maximum Gasteiger partial charge on any atom is 0.232 e. The van der Waals surface area contributed by atoms with Gasteiger partial charge in [0, 0.05) is 11.3 Å². The highest BCUT2D eigenvalue weighted by atomic mass is 16.5. The molecule has 24 heavy (non-hydrogen) atoms. The van der Waals surface area contributed by atoms with Gasteiger partial charge in [0.2, 0.25) is 5.91 Å². The molecule has 1 aromatic heterocycles. The molecule has 0 aliphatic carbocycles. The summed E-state index contributed by atoms with van der Waals surface area (Å²) in [6, 6.07) is 11.8. The molecule has 2 aromatic carbocycles. The van der Waals surface area contributed by atoms with Crippen molar-refractivity contribution in [2.45, 2.75) is 19.8 Å². The Hall–Kier alpha value is -2.82. The Balaban J connectivity index is 1.78. The molecule has 1 amide bonds. The fourth-order valence-corrected chi connectivity index (χ4v) is 3.34. The highest BCUT2D eigenvalue weighted by Gasteiger charge is 2.33. The molecule has 5 heteroatoms. The van der Waals surface area contributed by atoms with Crippen molar-refractivity contribution in [1.29, 1.82) is 0 Å². The number of carbonyl (C=O) groups is 1. The SMILES string of the molecule is COc1ccc(-c2nc3cc4c(cc3[nH]2)NC(=O)C4C(C)C)cc1. The van der Waals surface area contributed by atoms with Crippen LogP contribution in [0.15, 0.2) is 36.4 Å². The molecule has 122 valence electrons. The van der Waals surface area contributed by atoms with E-state index in [0.29, 0.717) is 0 Å². The van der Waals surface area contributed by atoms with E-state index in [-0.39, 0.29) is 17.7 Å². The Morgan fingerprint density at radius 3 is 2.58 bits per heavy atom. The number of ether oxygens (including phenoxy) is 1. The molecular weight excluding hydrogens is 302 g/mol. The largest absolute Gasteiger partial charge is 0.497 e. The first-order valence-corrected chi connectivity index (χ1v) is 8.06. The third kappa shape index (κ3) is 2.24. The van der Waals surface area contributed by atoms with Crippen molar-refractivity contribution in [3.8, 4) is 17.1 Å². The highest BCUT2D eigenvalue weighted by Crippen LogP contribution is 2.39. The van der Waals surface area contributed by atoms with Gasteiger partial charge in [-0.1, -0.05) is 13.8 Å². The van der Waals surface area contributed by atoms with Crippen LogP contribution in [-0.4, -0.2) is 23.0 Å². The lowest BCUT2D eigenvalue weighted by Gasteiger charge is -2.12. The number of fused-ring (bicyclic) bond motifs is 2. The van der Waals surface area contributed by atoms with E-state index >= 15 is 0 Å². The highest BCUT2D eigenvalue weighted by molar-refractivity contribution is 6.05. The van der Waals surface area contributed by atoms with Gasteiger partial charge in [-0.05, 0) is 47.9 Å². The number of hydrogen-bond donors (Lipinski definition) is 2. The molecule has 5 nitrogen and oxygen atoms in total. The van der Waals surface area contributed by atoms with Gasteiger partial charge in [0.1, 0.15) is 11.6 Å². The van der Waals surface area contributed by atoms with Crippen molar-refractivity contribution >= 4 is 22.6 Å². The number of aromatic nitrogens is 2. The van der Waals surface area contributed by atoms with Crippen LogP contribution in [0.4, 0.5) is 5.69 Å². The van der Waals surface area contributed by atoms with E-state index in [1.54, 1.807) is 7.11 Å². The standard InChI is InChI=1S/C19H19N3O2/c1-10(2)17-13-8-15-16(9-14(13)22-19(17)23)21-18(20-15)11-4-6-12(24-3)7-5-11/h4-10,17H,1-3H3,(H,20,21)(H,22,23). The van der Waals surface area contributed by atoms with E-state index in [4.69, 9.17) is 9.72 Å². The van der Waals surface area contributed by atoms with Crippen LogP contribution in [0.3, 0.4) is 0 Å². The summed E-state index contributed by atoms with van der Waals surface area (Å²) in [5.74, 6) is 1.84. The van der Waals surface area contributed by atoms with E-state index in [1.807, 2.05) is 36.4 Å². The molecule has 2 N–H and O–H groups in total. The van der Waals surface area contributed by atoms with Crippen molar-refractivity contribution in [2.24, 2.45) is 5.92 Å². The van der Waals surface area contributed by atoms with E-state index in [9.17, 15) is 4.79 Å². The number of carbonyl (C=O) groups excluding carboxylic acids is 1. The van der Waals surface area contributed by atoms with Crippen molar-refractivity contribution in [2.75, 3.05) is 12.4 Å². The number of nitrogens with one attached hydrogen (secondary N) is 2. The van der Waals surface area contributed by atoms with Crippen LogP contribution in [-0.2, 0) is 4.79 Å². The third-order valence-electron chi connectivity index (χ3n) is 4.56. The number of amides is 1. The molecule has 0 bridgehead atoms. The number of nitrogens with zero attached hydrogens (tertiary/aromatic N) is 1. The second-order valence-corrected chi connectivity index (χ2v) is 6.48. The van der Waals surface area contributed by atoms with Crippen molar-refractivity contribution in [3.05, 3.63) is 42.0 Å². The number of hydrogen-bond acceptors (Lipinski definition) is 3. The van der Waals surface area contributed by atoms with Gasteiger partial charge in [-0.25, -0.2) is 4.98 Å². The lowest BCUT2D eigenvalue weighted by Crippen LogP contribution is -2.16. The van der Waals surface area contributed by atoms with Gasteiger partial charge >= 0.3 is 0 Å². The summed E-state index contributed by atoms with van der Waals surface area (Å²) in [7, 11) is 1.65. The lowest BCUT2D eigenvalue weighted by molar-refractivity contribution is -0.117. The van der Waals surface area contributed by atoms with Gasteiger partial charge in [0.05, 0.1) is 24.1 Å². The molecule has 1 unspecified atom stereocenters. The maximum atomic E-state index is 12.2. The van der Waals surface area contributed by atoms with Crippen LogP contribution in [0.2, 0.25) is 0 Å². The maximum absolute atomic E-state index is 12.2. The van der Waals surface area contributed by atoms with Gasteiger partial charge in [0.15, 0.2) is 0 Å². The topological polar surface area (TPSA) is 67.0 Å². The monoisotopic (exact) mass is 321 g/mol. The van der Waals surface area contributed by atoms with Gasteiger partial charge in [-0.3, -0.25) is 4.79 Å². The fourth-order valence-electron chi connectivity index (χ4n) is 3.34. The predicted octanol–water partition coefficient (Wildman–Crippen LogP) is 3.93. The van der Waals surface area contributed by atoms with Crippen molar-refractivity contribution in [3.63, 3.8) is 0 Å². The number of methoxy groups -OCH3 is 1. The zero-order chi connectivity index (χ0) is 16.8. The van der Waals surface area contributed by atoms with Gasteiger partial charge in [0.25, 0.3) is 0 Å². The van der Waals surface area contributed by atoms with Crippen molar-refractivity contribution < 1.29 is 9.53 Å². The van der Waals surface area contributed by atoms with Crippen LogP contribution in [0, 0.1) is 5.92 Å². The number of anilines is 1. The average Bonchev–Trinajstić information content (AvgIpc) is 3.11. The number of benzene rings is 2. The molecule has 0 saturated heterocycles. The summed E-state index contributed by atoms with van der Waals surface area (Å²) in [6.07, 6.45) is 0. The molecule has 0 saturated carbocycles. The van der Waals surface area contributed by atoms with E-state index in [0.717, 1.165) is 39.4 Å². The molecule has 1 aliphatic heterocycles. The predicted molar refractivity (Wildman–Crippen MR) is 94.3 cm³/mol. The fraction of sp³-hybridized carbons (Fsp3) is 0.263. The molecular formula is C19H19N3O2. The molecule has 0 radical (unpaired) electrons. The van der Waals surface area contributed by atoms with Crippen LogP contribution >= 0.6 is 0 Å². The number of imidazole rings is 1. The first-order chi connectivity index (χ1) is 11.6. The first-order valence-electron chi connectivity index (χ1n) is 8.06. The van der Waals surface area contributed by atoms with Crippen LogP contribution in [0.1, 0.15) is 25.3 Å². The minimum atomic E-state index is -0.106. The van der Waals surface area contributed by atoms with Gasteiger partial charge < -0.3 is 15.0 Å². The Morgan fingerprint density at radius 2 is 1.92 bits per heavy atom. The number of rotatable bonds is 3. The Labute approximate surface area is 140 Å².